The van der Waals surface area contributed by atoms with Crippen LogP contribution in [0.3, 0.4) is 0 Å². The zero-order valence-corrected chi connectivity index (χ0v) is 16.6. The van der Waals surface area contributed by atoms with Gasteiger partial charge in [0.15, 0.2) is 0 Å². The predicted molar refractivity (Wildman–Crippen MR) is 77.8 cm³/mol. The molecule has 0 aromatic heterocycles. The van der Waals surface area contributed by atoms with E-state index < -0.39 is 0 Å². The van der Waals surface area contributed by atoms with E-state index in [4.69, 9.17) is 0 Å². The zero-order valence-electron chi connectivity index (χ0n) is 12.2. The molecule has 0 aliphatic heterocycles. The van der Waals surface area contributed by atoms with Crippen molar-refractivity contribution in [2.75, 3.05) is 0 Å². The second-order valence-electron chi connectivity index (χ2n) is 4.72. The Morgan fingerprint density at radius 1 is 1.00 bits per heavy atom. The van der Waals surface area contributed by atoms with Gasteiger partial charge in [-0.05, 0) is 37.8 Å². The molecule has 0 saturated heterocycles. The van der Waals surface area contributed by atoms with E-state index in [1.807, 2.05) is 0 Å². The first-order valence-electron chi connectivity index (χ1n) is 6.25. The van der Waals surface area contributed by atoms with Gasteiger partial charge in [0.1, 0.15) is 0 Å². The molecule has 0 fully saturated rings. The molecule has 0 spiro atoms. The molecule has 1 radical (unpaired) electrons. The molecule has 0 amide bonds. The first-order valence-corrected chi connectivity index (χ1v) is 8.56. The Balaban J connectivity index is 0. The second kappa shape index (κ2) is 11.0. The van der Waals surface area contributed by atoms with Crippen LogP contribution in [0.4, 0.5) is 0 Å². The molecule has 0 atom stereocenters. The van der Waals surface area contributed by atoms with Gasteiger partial charge < -0.3 is 17.5 Å². The van der Waals surface area contributed by atoms with Crippen molar-refractivity contribution in [3.63, 3.8) is 0 Å². The molecular formula is C15H23ClOSiZr-. The molecule has 105 valence electrons. The summed E-state index contributed by atoms with van der Waals surface area (Å²) in [6.07, 6.45) is 9.96. The Kier molecular flexibility index (Phi) is 12.5. The normalized spacial score (nSPS) is 16.3. The summed E-state index contributed by atoms with van der Waals surface area (Å²) in [5.41, 5.74) is 4.80. The molecule has 1 N–H and O–H groups in total. The van der Waals surface area contributed by atoms with Crippen LogP contribution in [0, 0.1) is 0 Å². The Morgan fingerprint density at radius 3 is 1.53 bits per heavy atom. The molecule has 0 aromatic carbocycles. The van der Waals surface area contributed by atoms with Gasteiger partial charge >= 0.3 is 0 Å². The summed E-state index contributed by atoms with van der Waals surface area (Å²) >= 11 is 0. The van der Waals surface area contributed by atoms with Crippen molar-refractivity contribution in [2.45, 2.75) is 45.9 Å². The van der Waals surface area contributed by atoms with Gasteiger partial charge in [0.2, 0.25) is 0 Å². The molecule has 0 heterocycles. The fourth-order valence-corrected chi connectivity index (χ4v) is 2.00. The van der Waals surface area contributed by atoms with E-state index in [0.29, 0.717) is 0 Å². The van der Waals surface area contributed by atoms with E-state index in [1.165, 1.54) is 11.1 Å². The minimum Gasteiger partial charge on any atom is -1.00 e. The van der Waals surface area contributed by atoms with E-state index >= 15 is 0 Å². The predicted octanol–water partition coefficient (Wildman–Crippen LogP) is 0.421. The Morgan fingerprint density at radius 2 is 1.32 bits per heavy atom. The maximum atomic E-state index is 10.1. The monoisotopic (exact) mass is 372 g/mol. The quantitative estimate of drug-likeness (QED) is 0.695. The molecule has 2 rings (SSSR count). The molecule has 0 aromatic rings. The van der Waals surface area contributed by atoms with Crippen molar-refractivity contribution in [1.82, 2.24) is 0 Å². The van der Waals surface area contributed by atoms with Crippen molar-refractivity contribution in [1.29, 1.82) is 0 Å². The maximum absolute atomic E-state index is 10.1. The number of hydrogen-bond acceptors (Lipinski definition) is 1. The molecule has 0 bridgehead atoms. The molecule has 19 heavy (non-hydrogen) atoms. The SMILES string of the molecule is CC1=CCC(C(O)C2=CC(C)=CC2)=C1.C[SiH]C.[Cl-].[Zr]. The maximum Gasteiger partial charge on any atom is 0.0973 e. The van der Waals surface area contributed by atoms with Crippen LogP contribution in [0.5, 0.6) is 0 Å². The number of aliphatic hydroxyl groups is 1. The molecule has 0 saturated carbocycles. The molecule has 1 nitrogen and oxygen atoms in total. The van der Waals surface area contributed by atoms with Crippen LogP contribution in [0.2, 0.25) is 13.1 Å². The van der Waals surface area contributed by atoms with Crippen molar-refractivity contribution < 1.29 is 43.7 Å². The van der Waals surface area contributed by atoms with Gasteiger partial charge in [0.05, 0.1) is 6.10 Å². The van der Waals surface area contributed by atoms with E-state index in [-0.39, 0.29) is 44.7 Å². The van der Waals surface area contributed by atoms with Gasteiger partial charge in [-0.25, -0.2) is 0 Å². The Bertz CT molecular complexity index is 361. The van der Waals surface area contributed by atoms with Crippen LogP contribution < -0.4 is 12.4 Å². The topological polar surface area (TPSA) is 20.2 Å². The third-order valence-corrected chi connectivity index (χ3v) is 2.85. The van der Waals surface area contributed by atoms with Crippen LogP contribution in [0.1, 0.15) is 26.7 Å². The fraction of sp³-hybridized carbons (Fsp3) is 0.467. The molecular weight excluding hydrogens is 351 g/mol. The Labute approximate surface area is 145 Å². The van der Waals surface area contributed by atoms with Gasteiger partial charge in [-0.3, -0.25) is 0 Å². The number of rotatable bonds is 2. The van der Waals surface area contributed by atoms with Gasteiger partial charge in [-0.15, -0.1) is 0 Å². The first kappa shape index (κ1) is 21.6. The smallest absolute Gasteiger partial charge is 0.0973 e. The first-order chi connectivity index (χ1) is 8.08. The standard InChI is InChI=1S/C13H16O.C2H7Si.ClH.Zr/c1-9-3-5-11(7-9)13(14)12-6-4-10(2)8-12;1-3-2;;/h3-4,7-8,13-14H,5-6H2,1-2H3;3H,1-2H3;1H;/p-1. The van der Waals surface area contributed by atoms with Gasteiger partial charge in [-0.1, -0.05) is 48.5 Å². The summed E-state index contributed by atoms with van der Waals surface area (Å²) in [4.78, 5) is 0. The Hall–Kier alpha value is 0.310. The van der Waals surface area contributed by atoms with Crippen LogP contribution >= 0.6 is 0 Å². The zero-order chi connectivity index (χ0) is 12.8. The largest absolute Gasteiger partial charge is 1.00 e. The average molecular weight is 374 g/mol. The number of aliphatic hydroxyl groups excluding tert-OH is 1. The number of halogens is 1. The van der Waals surface area contributed by atoms with E-state index in [1.54, 1.807) is 0 Å². The van der Waals surface area contributed by atoms with Crippen LogP contribution in [-0.2, 0) is 26.2 Å². The van der Waals surface area contributed by atoms with Crippen molar-refractivity contribution in [3.05, 3.63) is 46.6 Å². The summed E-state index contributed by atoms with van der Waals surface area (Å²) in [7, 11) is 0.750. The third kappa shape index (κ3) is 7.04. The fourth-order valence-electron chi connectivity index (χ4n) is 2.00. The van der Waals surface area contributed by atoms with Gasteiger partial charge in [0, 0.05) is 35.7 Å². The van der Waals surface area contributed by atoms with Gasteiger partial charge in [0.25, 0.3) is 0 Å². The summed E-state index contributed by atoms with van der Waals surface area (Å²) < 4.78 is 0. The van der Waals surface area contributed by atoms with Crippen molar-refractivity contribution in [3.8, 4) is 0 Å². The minimum absolute atomic E-state index is 0. The molecule has 4 heteroatoms. The summed E-state index contributed by atoms with van der Waals surface area (Å²) in [5.74, 6) is 0. The average Bonchev–Trinajstić information content (AvgIpc) is 2.87. The number of hydrogen-bond donors (Lipinski definition) is 1. The van der Waals surface area contributed by atoms with Crippen LogP contribution in [0.25, 0.3) is 0 Å². The summed E-state index contributed by atoms with van der Waals surface area (Å²) in [6.45, 7) is 8.57. The van der Waals surface area contributed by atoms with E-state index in [0.717, 1.165) is 33.5 Å². The summed E-state index contributed by atoms with van der Waals surface area (Å²) in [5, 5.41) is 10.1. The summed E-state index contributed by atoms with van der Waals surface area (Å²) in [6, 6.07) is 0. The van der Waals surface area contributed by atoms with E-state index in [9.17, 15) is 5.11 Å². The molecule has 0 unspecified atom stereocenters. The second-order valence-corrected chi connectivity index (χ2v) is 5.88. The molecule has 2 aliphatic rings. The van der Waals surface area contributed by atoms with Crippen molar-refractivity contribution >= 4 is 9.52 Å². The third-order valence-electron chi connectivity index (χ3n) is 2.85. The van der Waals surface area contributed by atoms with E-state index in [2.05, 4.69) is 51.2 Å². The van der Waals surface area contributed by atoms with Crippen molar-refractivity contribution in [2.24, 2.45) is 0 Å². The van der Waals surface area contributed by atoms with Crippen LogP contribution in [-0.4, -0.2) is 20.7 Å². The number of allylic oxidation sites excluding steroid dienone is 6. The molecule has 2 aliphatic carbocycles. The minimum atomic E-state index is -0.364. The van der Waals surface area contributed by atoms with Crippen LogP contribution in [0.15, 0.2) is 46.6 Å². The van der Waals surface area contributed by atoms with Gasteiger partial charge in [-0.2, -0.15) is 0 Å².